The molecule has 5 aliphatic rings. The Morgan fingerprint density at radius 1 is 1.12 bits per heavy atom. The maximum atomic E-state index is 14.4. The average molecular weight is 734 g/mol. The lowest BCUT2D eigenvalue weighted by Gasteiger charge is -2.30. The van der Waals surface area contributed by atoms with Crippen molar-refractivity contribution in [1.29, 1.82) is 0 Å². The fraction of sp³-hybridized carbons (Fsp3) is 0.629. The third-order valence-electron chi connectivity index (χ3n) is 9.73. The van der Waals surface area contributed by atoms with Crippen molar-refractivity contribution in [2.45, 2.75) is 126 Å². The predicted molar refractivity (Wildman–Crippen MR) is 180 cm³/mol. The fourth-order valence-electron chi connectivity index (χ4n) is 6.83. The number of nitrogens with one attached hydrogen (secondary N) is 3. The quantitative estimate of drug-likeness (QED) is 0.383. The molecule has 51 heavy (non-hydrogen) atoms. The lowest BCUT2D eigenvalue weighted by molar-refractivity contribution is -0.141. The number of carbonyl (C=O) groups is 5. The maximum Gasteiger partial charge on any atom is 0.410 e. The lowest BCUT2D eigenvalue weighted by Crippen LogP contribution is -2.58. The predicted octanol–water partition coefficient (Wildman–Crippen LogP) is 3.14. The molecule has 0 aromatic heterocycles. The summed E-state index contributed by atoms with van der Waals surface area (Å²) in [6.07, 6.45) is -0.573. The number of ether oxygens (including phenoxy) is 2. The van der Waals surface area contributed by atoms with Crippen LogP contribution in [0.1, 0.15) is 92.4 Å². The highest BCUT2D eigenvalue weighted by Crippen LogP contribution is 2.46. The number of nitrogens with zero attached hydrogens (tertiary/aromatic N) is 2. The zero-order valence-electron chi connectivity index (χ0n) is 30.9. The first kappa shape index (κ1) is 33.9. The topological polar surface area (TPSA) is 181 Å². The van der Waals surface area contributed by atoms with Gasteiger partial charge in [-0.1, -0.05) is 37.1 Å². The van der Waals surface area contributed by atoms with Gasteiger partial charge in [0, 0.05) is 27.2 Å². The molecule has 3 aliphatic heterocycles. The van der Waals surface area contributed by atoms with E-state index in [1.165, 1.54) is 11.0 Å². The fourth-order valence-corrected chi connectivity index (χ4v) is 8.19. The van der Waals surface area contributed by atoms with E-state index in [0.717, 1.165) is 4.90 Å². The molecule has 6 rings (SSSR count). The number of fused-ring (bicyclic) bond motifs is 3. The van der Waals surface area contributed by atoms with Gasteiger partial charge in [-0.3, -0.25) is 24.0 Å². The summed E-state index contributed by atoms with van der Waals surface area (Å²) in [4.78, 5) is 70.9. The highest BCUT2D eigenvalue weighted by atomic mass is 32.2. The summed E-state index contributed by atoms with van der Waals surface area (Å²) in [5, 5.41) is 4.56. The Balaban J connectivity index is 1.28. The van der Waals surface area contributed by atoms with Crippen LogP contribution in [0.5, 0.6) is 0 Å². The van der Waals surface area contributed by atoms with Crippen LogP contribution in [-0.4, -0.2) is 89.2 Å². The van der Waals surface area contributed by atoms with Crippen molar-refractivity contribution >= 4 is 39.9 Å². The molecule has 3 N–H and O–H groups in total. The van der Waals surface area contributed by atoms with Crippen LogP contribution in [0.25, 0.3) is 0 Å². The molecule has 2 aliphatic carbocycles. The molecule has 3 heterocycles. The molecule has 278 valence electrons. The molecule has 0 unspecified atom stereocenters. The number of sulfonamides is 1. The largest absolute Gasteiger partial charge is 0.444 e. The van der Waals surface area contributed by atoms with E-state index in [2.05, 4.69) is 15.4 Å². The van der Waals surface area contributed by atoms with Gasteiger partial charge < -0.3 is 25.0 Å². The molecule has 14 nitrogen and oxygen atoms in total. The first-order chi connectivity index (χ1) is 24.8. The average Bonchev–Trinajstić information content (AvgIpc) is 3.93. The van der Waals surface area contributed by atoms with Gasteiger partial charge in [-0.05, 0) is 70.9 Å². The minimum atomic E-state index is -4.00. The molecule has 3 fully saturated rings. The summed E-state index contributed by atoms with van der Waals surface area (Å²) in [5.41, 5.74) is -1.63. The standard InChI is InChI=1S/C35H46FN5O9S/c1-34(2,3)50-32(45)37-27-13-8-6-4-5-7-11-22-17-35(22,31(44)39-51(47,48)24-14-15-24)38-29(42)28-16-23(19-41(28)30(27)43)49-33(46)40-18-21-10-9-12-26(36)25(21)20-40/h7,9-12,22-24,27-28H,4-6,8,13-20H2,1-3H3,(H,37,45)(H,38,42)(H,39,44)/b11-7-/t22-,23-,27+,28+,35-/m1/s1/i4D2. The number of amides is 5. The van der Waals surface area contributed by atoms with Gasteiger partial charge in [0.15, 0.2) is 0 Å². The number of benzene rings is 1. The molecule has 0 spiro atoms. The van der Waals surface area contributed by atoms with Crippen molar-refractivity contribution < 1.29 is 49.0 Å². The number of carbonyl (C=O) groups excluding carboxylic acids is 5. The van der Waals surface area contributed by atoms with Crippen LogP contribution in [0.4, 0.5) is 14.0 Å². The van der Waals surface area contributed by atoms with Crippen molar-refractivity contribution in [3.05, 3.63) is 47.3 Å². The highest BCUT2D eigenvalue weighted by molar-refractivity contribution is 7.91. The van der Waals surface area contributed by atoms with Crippen molar-refractivity contribution in [1.82, 2.24) is 25.2 Å². The summed E-state index contributed by atoms with van der Waals surface area (Å²) < 4.78 is 70.3. The first-order valence-electron chi connectivity index (χ1n) is 18.3. The second-order valence-corrected chi connectivity index (χ2v) is 16.9. The Labute approximate surface area is 299 Å². The highest BCUT2D eigenvalue weighted by Gasteiger charge is 2.62. The van der Waals surface area contributed by atoms with E-state index in [9.17, 15) is 36.8 Å². The van der Waals surface area contributed by atoms with Gasteiger partial charge in [0.1, 0.15) is 35.1 Å². The molecule has 2 saturated carbocycles. The molecular weight excluding hydrogens is 685 g/mol. The Kier molecular flexibility index (Phi) is 9.36. The van der Waals surface area contributed by atoms with Crippen molar-refractivity contribution in [3.8, 4) is 0 Å². The van der Waals surface area contributed by atoms with Gasteiger partial charge in [-0.2, -0.15) is 0 Å². The number of allylic oxidation sites excluding steroid dienone is 1. The smallest absolute Gasteiger partial charge is 0.410 e. The van der Waals surface area contributed by atoms with E-state index in [1.54, 1.807) is 45.1 Å². The van der Waals surface area contributed by atoms with Crippen molar-refractivity contribution in [3.63, 3.8) is 0 Å². The van der Waals surface area contributed by atoms with E-state index >= 15 is 0 Å². The first-order valence-corrected chi connectivity index (χ1v) is 18.9. The normalized spacial score (nSPS) is 30.5. The number of halogens is 1. The molecule has 5 amide bonds. The molecule has 1 saturated heterocycles. The van der Waals surface area contributed by atoms with Crippen LogP contribution in [0.3, 0.4) is 0 Å². The molecule has 5 atom stereocenters. The molecule has 0 bridgehead atoms. The summed E-state index contributed by atoms with van der Waals surface area (Å²) in [5.74, 6) is -3.59. The number of hydrogen-bond donors (Lipinski definition) is 3. The maximum absolute atomic E-state index is 14.4. The second-order valence-electron chi connectivity index (χ2n) is 14.9. The van der Waals surface area contributed by atoms with Crippen LogP contribution in [0, 0.1) is 11.7 Å². The van der Waals surface area contributed by atoms with E-state index in [0.29, 0.717) is 24.0 Å². The summed E-state index contributed by atoms with van der Waals surface area (Å²) in [7, 11) is -4.00. The zero-order chi connectivity index (χ0) is 38.5. The molecule has 1 aromatic rings. The van der Waals surface area contributed by atoms with Gasteiger partial charge in [0.2, 0.25) is 21.8 Å². The van der Waals surface area contributed by atoms with Gasteiger partial charge in [-0.25, -0.2) is 22.4 Å². The third kappa shape index (κ3) is 8.31. The van der Waals surface area contributed by atoms with Crippen LogP contribution in [-0.2, 0) is 47.0 Å². The van der Waals surface area contributed by atoms with Crippen molar-refractivity contribution in [2.24, 2.45) is 5.92 Å². The minimum Gasteiger partial charge on any atom is -0.444 e. The second kappa shape index (κ2) is 14.1. The van der Waals surface area contributed by atoms with Gasteiger partial charge in [-0.15, -0.1) is 0 Å². The minimum absolute atomic E-state index is 0.00666. The van der Waals surface area contributed by atoms with E-state index in [4.69, 9.17) is 12.2 Å². The van der Waals surface area contributed by atoms with Crippen LogP contribution in [0.2, 0.25) is 0 Å². The molecule has 0 radical (unpaired) electrons. The van der Waals surface area contributed by atoms with E-state index in [-0.39, 0.29) is 58.2 Å². The Hall–Kier alpha value is -4.21. The Bertz CT molecular complexity index is 1820. The van der Waals surface area contributed by atoms with Crippen LogP contribution < -0.4 is 15.4 Å². The lowest BCUT2D eigenvalue weighted by atomic mass is 10.0. The number of rotatable bonds is 5. The number of hydrogen-bond acceptors (Lipinski definition) is 9. The van der Waals surface area contributed by atoms with Gasteiger partial charge in [0.25, 0.3) is 5.91 Å². The molecule has 16 heteroatoms. The third-order valence-corrected chi connectivity index (χ3v) is 11.5. The summed E-state index contributed by atoms with van der Waals surface area (Å²) in [6, 6.07) is 1.96. The van der Waals surface area contributed by atoms with Crippen molar-refractivity contribution in [2.75, 3.05) is 6.54 Å². The summed E-state index contributed by atoms with van der Waals surface area (Å²) in [6.45, 7) is 4.72. The zero-order valence-corrected chi connectivity index (χ0v) is 29.7. The summed E-state index contributed by atoms with van der Waals surface area (Å²) >= 11 is 0. The number of alkyl carbamates (subject to hydrolysis) is 1. The van der Waals surface area contributed by atoms with E-state index in [1.807, 2.05) is 0 Å². The van der Waals surface area contributed by atoms with Gasteiger partial charge >= 0.3 is 12.2 Å². The monoisotopic (exact) mass is 733 g/mol. The molecule has 1 aromatic carbocycles. The van der Waals surface area contributed by atoms with E-state index < -0.39 is 92.6 Å². The van der Waals surface area contributed by atoms with Crippen LogP contribution in [0.15, 0.2) is 30.4 Å². The van der Waals surface area contributed by atoms with Gasteiger partial charge in [0.05, 0.1) is 18.3 Å². The SMILES string of the molecule is [2H]C1([2H])C/C=C\[C@@H]2C[C@@]2(C(=O)NS(=O)(=O)C2CC2)NC(=O)[C@@H]2C[C@@H](OC(=O)N3Cc4cccc(F)c4C3)CN2C(=O)[C@@H](NC(=O)OC(C)(C)C)CCC1. The Morgan fingerprint density at radius 3 is 2.59 bits per heavy atom. The van der Waals surface area contributed by atoms with Crippen LogP contribution >= 0.6 is 0 Å². The Morgan fingerprint density at radius 2 is 1.88 bits per heavy atom. The molecular formula is C35H46FN5O9S.